The average molecular weight is 229 g/mol. The minimum Gasteiger partial charge on any atom is -0.444 e. The highest BCUT2D eigenvalue weighted by Crippen LogP contribution is 2.18. The fourth-order valence-corrected chi connectivity index (χ4v) is 2.08. The van der Waals surface area contributed by atoms with Gasteiger partial charge in [-0.2, -0.15) is 0 Å². The second-order valence-electron chi connectivity index (χ2n) is 5.58. The first-order valence-electron chi connectivity index (χ1n) is 6.18. The Labute approximate surface area is 98.3 Å². The molecule has 4 heteroatoms. The Hall–Kier alpha value is -0.770. The topological polar surface area (TPSA) is 46.2 Å². The van der Waals surface area contributed by atoms with Gasteiger partial charge in [-0.25, -0.2) is 4.79 Å². The number of carbonyl (C=O) groups excluding carboxylic acids is 1. The first-order valence-corrected chi connectivity index (χ1v) is 6.18. The number of nitrogens with zero attached hydrogens (tertiary/aromatic N) is 1. The lowest BCUT2D eigenvalue weighted by atomic mass is 9.98. The van der Waals surface area contributed by atoms with Crippen LogP contribution >= 0.6 is 0 Å². The van der Waals surface area contributed by atoms with Crippen LogP contribution in [0.2, 0.25) is 0 Å². The largest absolute Gasteiger partial charge is 0.444 e. The summed E-state index contributed by atoms with van der Waals surface area (Å²) >= 11 is 0. The molecule has 0 aromatic heterocycles. The second kappa shape index (κ2) is 5.53. The van der Waals surface area contributed by atoms with Gasteiger partial charge in [-0.05, 0) is 33.6 Å². The van der Waals surface area contributed by atoms with Gasteiger partial charge in [-0.15, -0.1) is 0 Å². The molecule has 94 valence electrons. The zero-order valence-corrected chi connectivity index (χ0v) is 11.0. The highest BCUT2D eigenvalue weighted by Gasteiger charge is 2.27. The van der Waals surface area contributed by atoms with Crippen molar-refractivity contribution in [1.29, 1.82) is 0 Å². The summed E-state index contributed by atoms with van der Waals surface area (Å²) in [5, 5.41) is 2.18. The van der Waals surface area contributed by atoms with Crippen molar-refractivity contribution in [3.8, 4) is 0 Å². The van der Waals surface area contributed by atoms with Crippen LogP contribution in [-0.4, -0.2) is 43.3 Å². The Morgan fingerprint density at radius 2 is 2.19 bits per heavy atom. The van der Waals surface area contributed by atoms with E-state index < -0.39 is 0 Å². The van der Waals surface area contributed by atoms with Crippen molar-refractivity contribution in [2.45, 2.75) is 39.2 Å². The molecule has 1 heterocycles. The normalized spacial score (nSPS) is 22.0. The van der Waals surface area contributed by atoms with E-state index in [9.17, 15) is 4.79 Å². The standard InChI is InChI=1S/C12H24N2O2/c1-12(2,3)16-11(15)14-7-5-6-10(9-14)8-13-4/h10,13H,5-9H2,1-4H3/p+1/t10-/m0/s1. The van der Waals surface area contributed by atoms with Crippen molar-refractivity contribution in [2.24, 2.45) is 5.92 Å². The zero-order chi connectivity index (χ0) is 12.2. The van der Waals surface area contributed by atoms with Crippen molar-refractivity contribution in [3.05, 3.63) is 0 Å². The third-order valence-corrected chi connectivity index (χ3v) is 2.74. The van der Waals surface area contributed by atoms with Crippen molar-refractivity contribution < 1.29 is 14.8 Å². The zero-order valence-electron chi connectivity index (χ0n) is 11.0. The van der Waals surface area contributed by atoms with Crippen LogP contribution in [0.5, 0.6) is 0 Å². The molecule has 1 saturated heterocycles. The lowest BCUT2D eigenvalue weighted by Gasteiger charge is -2.33. The predicted molar refractivity (Wildman–Crippen MR) is 63.2 cm³/mol. The molecule has 1 amide bonds. The van der Waals surface area contributed by atoms with Gasteiger partial charge in [0.1, 0.15) is 5.60 Å². The molecular weight excluding hydrogens is 204 g/mol. The van der Waals surface area contributed by atoms with Gasteiger partial charge in [0.25, 0.3) is 0 Å². The van der Waals surface area contributed by atoms with Gasteiger partial charge >= 0.3 is 6.09 Å². The van der Waals surface area contributed by atoms with Gasteiger partial charge in [0.15, 0.2) is 0 Å². The molecule has 1 aliphatic rings. The van der Waals surface area contributed by atoms with Crippen LogP contribution in [-0.2, 0) is 4.74 Å². The van der Waals surface area contributed by atoms with Gasteiger partial charge in [0, 0.05) is 19.0 Å². The number of carbonyl (C=O) groups is 1. The van der Waals surface area contributed by atoms with E-state index in [0.717, 1.165) is 26.1 Å². The summed E-state index contributed by atoms with van der Waals surface area (Å²) in [6, 6.07) is 0. The number of rotatable bonds is 2. The van der Waals surface area contributed by atoms with Crippen LogP contribution in [0, 0.1) is 5.92 Å². The number of hydrogen-bond acceptors (Lipinski definition) is 2. The van der Waals surface area contributed by atoms with E-state index in [2.05, 4.69) is 12.4 Å². The van der Waals surface area contributed by atoms with Crippen molar-refractivity contribution in [2.75, 3.05) is 26.7 Å². The molecule has 0 aromatic carbocycles. The molecular formula is C12H25N2O2+. The van der Waals surface area contributed by atoms with Crippen LogP contribution in [0.4, 0.5) is 4.79 Å². The molecule has 0 aliphatic carbocycles. The molecule has 0 bridgehead atoms. The maximum Gasteiger partial charge on any atom is 0.410 e. The minimum absolute atomic E-state index is 0.159. The SMILES string of the molecule is C[NH2+]C[C@@H]1CCCN(C(=O)OC(C)(C)C)C1. The third-order valence-electron chi connectivity index (χ3n) is 2.74. The van der Waals surface area contributed by atoms with E-state index in [4.69, 9.17) is 4.74 Å². The molecule has 0 aromatic rings. The summed E-state index contributed by atoms with van der Waals surface area (Å²) in [5.41, 5.74) is -0.388. The van der Waals surface area contributed by atoms with E-state index in [-0.39, 0.29) is 11.7 Å². The number of nitrogens with two attached hydrogens (primary N) is 1. The van der Waals surface area contributed by atoms with Crippen molar-refractivity contribution in [3.63, 3.8) is 0 Å². The van der Waals surface area contributed by atoms with Gasteiger partial charge in [0.05, 0.1) is 13.6 Å². The number of quaternary nitrogens is 1. The Balaban J connectivity index is 2.44. The number of ether oxygens (including phenoxy) is 1. The van der Waals surface area contributed by atoms with E-state index in [1.165, 1.54) is 6.42 Å². The molecule has 0 unspecified atom stereocenters. The fraction of sp³-hybridized carbons (Fsp3) is 0.917. The molecule has 1 atom stereocenters. The first-order chi connectivity index (χ1) is 7.42. The Morgan fingerprint density at radius 3 is 2.75 bits per heavy atom. The van der Waals surface area contributed by atoms with E-state index in [1.807, 2.05) is 25.7 Å². The average Bonchev–Trinajstić information content (AvgIpc) is 2.16. The molecule has 1 aliphatic heterocycles. The number of piperidine rings is 1. The van der Waals surface area contributed by atoms with Crippen LogP contribution in [0.1, 0.15) is 33.6 Å². The highest BCUT2D eigenvalue weighted by atomic mass is 16.6. The lowest BCUT2D eigenvalue weighted by molar-refractivity contribution is -0.633. The molecule has 2 N–H and O–H groups in total. The Morgan fingerprint density at radius 1 is 1.50 bits per heavy atom. The molecule has 16 heavy (non-hydrogen) atoms. The number of hydrogen-bond donors (Lipinski definition) is 1. The minimum atomic E-state index is -0.388. The first kappa shape index (κ1) is 13.3. The quantitative estimate of drug-likeness (QED) is 0.762. The van der Waals surface area contributed by atoms with Gasteiger partial charge in [0.2, 0.25) is 0 Å². The molecule has 1 rings (SSSR count). The van der Waals surface area contributed by atoms with E-state index in [1.54, 1.807) is 0 Å². The molecule has 0 saturated carbocycles. The predicted octanol–water partition coefficient (Wildman–Crippen LogP) is 0.827. The van der Waals surface area contributed by atoms with Crippen molar-refractivity contribution >= 4 is 6.09 Å². The maximum atomic E-state index is 11.9. The Kier molecular flexibility index (Phi) is 4.59. The lowest BCUT2D eigenvalue weighted by Crippen LogP contribution is -2.81. The molecule has 1 fully saturated rings. The second-order valence-corrected chi connectivity index (χ2v) is 5.58. The van der Waals surface area contributed by atoms with Gasteiger partial charge in [-0.3, -0.25) is 0 Å². The van der Waals surface area contributed by atoms with Crippen LogP contribution in [0.3, 0.4) is 0 Å². The van der Waals surface area contributed by atoms with Crippen LogP contribution < -0.4 is 5.32 Å². The van der Waals surface area contributed by atoms with Crippen LogP contribution in [0.15, 0.2) is 0 Å². The van der Waals surface area contributed by atoms with Crippen LogP contribution in [0.25, 0.3) is 0 Å². The summed E-state index contributed by atoms with van der Waals surface area (Å²) in [5.74, 6) is 0.617. The van der Waals surface area contributed by atoms with Gasteiger partial charge in [-0.1, -0.05) is 0 Å². The summed E-state index contributed by atoms with van der Waals surface area (Å²) in [7, 11) is 2.08. The molecule has 4 nitrogen and oxygen atoms in total. The monoisotopic (exact) mass is 229 g/mol. The third kappa shape index (κ3) is 4.39. The van der Waals surface area contributed by atoms with E-state index >= 15 is 0 Å². The van der Waals surface area contributed by atoms with Crippen molar-refractivity contribution in [1.82, 2.24) is 4.90 Å². The summed E-state index contributed by atoms with van der Waals surface area (Å²) in [6.45, 7) is 8.51. The van der Waals surface area contributed by atoms with E-state index in [0.29, 0.717) is 5.92 Å². The summed E-state index contributed by atoms with van der Waals surface area (Å²) in [4.78, 5) is 13.7. The number of likely N-dealkylation sites (tertiary alicyclic amines) is 1. The Bertz CT molecular complexity index is 234. The summed E-state index contributed by atoms with van der Waals surface area (Å²) in [6.07, 6.45) is 2.16. The van der Waals surface area contributed by atoms with Gasteiger partial charge < -0.3 is 15.0 Å². The summed E-state index contributed by atoms with van der Waals surface area (Å²) < 4.78 is 5.38. The fourth-order valence-electron chi connectivity index (χ4n) is 2.08. The smallest absolute Gasteiger partial charge is 0.410 e. The highest BCUT2D eigenvalue weighted by molar-refractivity contribution is 5.68. The molecule has 0 radical (unpaired) electrons. The molecule has 0 spiro atoms. The number of amides is 1. The maximum absolute atomic E-state index is 11.9.